The van der Waals surface area contributed by atoms with Crippen molar-refractivity contribution < 1.29 is 17.9 Å². The number of hydrogen-bond donors (Lipinski definition) is 2. The molecule has 1 atom stereocenters. The van der Waals surface area contributed by atoms with Gasteiger partial charge in [0.05, 0.1) is 13.2 Å². The maximum absolute atomic E-state index is 12.9. The van der Waals surface area contributed by atoms with E-state index in [1.165, 1.54) is 19.2 Å². The average molecular weight is 439 g/mol. The van der Waals surface area contributed by atoms with Crippen LogP contribution in [0.4, 0.5) is 0 Å². The normalized spacial score (nSPS) is 12.2. The smallest absolute Gasteiger partial charge is 0.251 e. The lowest BCUT2D eigenvalue weighted by atomic mass is 10.1. The molecule has 0 unspecified atom stereocenters. The number of ether oxygens (including phenoxy) is 1. The van der Waals surface area contributed by atoms with Crippen LogP contribution in [-0.4, -0.2) is 28.0 Å². The molecule has 3 aromatic carbocycles. The molecule has 0 spiro atoms. The number of sulfonamides is 1. The fourth-order valence-corrected chi connectivity index (χ4v) is 4.41. The van der Waals surface area contributed by atoms with E-state index in [0.29, 0.717) is 6.42 Å². The van der Waals surface area contributed by atoms with Crippen LogP contribution in [0.15, 0.2) is 83.8 Å². The second kappa shape index (κ2) is 10.2. The van der Waals surface area contributed by atoms with Gasteiger partial charge in [-0.1, -0.05) is 60.7 Å². The predicted octanol–water partition coefficient (Wildman–Crippen LogP) is 3.71. The molecule has 0 aliphatic heterocycles. The van der Waals surface area contributed by atoms with Gasteiger partial charge in [0.15, 0.2) is 0 Å². The van der Waals surface area contributed by atoms with Crippen molar-refractivity contribution in [1.29, 1.82) is 0 Å². The maximum atomic E-state index is 12.9. The third-order valence-corrected chi connectivity index (χ3v) is 6.39. The molecule has 6 nitrogen and oxygen atoms in total. The van der Waals surface area contributed by atoms with Gasteiger partial charge < -0.3 is 10.1 Å². The van der Waals surface area contributed by atoms with Crippen molar-refractivity contribution in [2.45, 2.75) is 24.3 Å². The van der Waals surface area contributed by atoms with Crippen molar-refractivity contribution in [1.82, 2.24) is 10.0 Å². The van der Waals surface area contributed by atoms with Crippen molar-refractivity contribution in [2.75, 3.05) is 13.7 Å². The highest BCUT2D eigenvalue weighted by Crippen LogP contribution is 2.25. The van der Waals surface area contributed by atoms with Crippen LogP contribution in [-0.2, 0) is 16.4 Å². The summed E-state index contributed by atoms with van der Waals surface area (Å²) in [7, 11) is -2.47. The van der Waals surface area contributed by atoms with Gasteiger partial charge in [-0.2, -0.15) is 0 Å². The van der Waals surface area contributed by atoms with Crippen LogP contribution in [0.1, 0.15) is 34.5 Å². The second-order valence-electron chi connectivity index (χ2n) is 7.10. The Morgan fingerprint density at radius 1 is 0.968 bits per heavy atom. The lowest BCUT2D eigenvalue weighted by molar-refractivity contribution is 0.0939. The molecule has 0 radical (unpaired) electrons. The van der Waals surface area contributed by atoms with Gasteiger partial charge in [0.1, 0.15) is 10.6 Å². The van der Waals surface area contributed by atoms with Gasteiger partial charge in [-0.15, -0.1) is 0 Å². The largest absolute Gasteiger partial charge is 0.495 e. The van der Waals surface area contributed by atoms with Crippen LogP contribution in [0.2, 0.25) is 0 Å². The highest BCUT2D eigenvalue weighted by atomic mass is 32.2. The number of hydrogen-bond acceptors (Lipinski definition) is 4. The lowest BCUT2D eigenvalue weighted by Crippen LogP contribution is -2.28. The van der Waals surface area contributed by atoms with Gasteiger partial charge in [-0.25, -0.2) is 13.1 Å². The molecule has 0 saturated heterocycles. The predicted molar refractivity (Wildman–Crippen MR) is 121 cm³/mol. The van der Waals surface area contributed by atoms with Crippen molar-refractivity contribution in [3.63, 3.8) is 0 Å². The molecular weight excluding hydrogens is 412 g/mol. The molecule has 31 heavy (non-hydrogen) atoms. The van der Waals surface area contributed by atoms with Gasteiger partial charge in [-0.3, -0.25) is 4.79 Å². The number of rotatable bonds is 9. The molecule has 7 heteroatoms. The summed E-state index contributed by atoms with van der Waals surface area (Å²) in [6, 6.07) is 23.3. The molecule has 162 valence electrons. The minimum Gasteiger partial charge on any atom is -0.495 e. The number of nitrogens with one attached hydrogen (secondary N) is 2. The molecule has 0 aromatic heterocycles. The summed E-state index contributed by atoms with van der Waals surface area (Å²) in [4.78, 5) is 12.7. The first-order chi connectivity index (χ1) is 14.9. The van der Waals surface area contributed by atoms with E-state index in [-0.39, 0.29) is 34.7 Å². The van der Waals surface area contributed by atoms with Crippen LogP contribution in [0.25, 0.3) is 0 Å². The third kappa shape index (κ3) is 5.93. The van der Waals surface area contributed by atoms with Gasteiger partial charge in [0.2, 0.25) is 10.0 Å². The molecule has 0 fully saturated rings. The van der Waals surface area contributed by atoms with Crippen LogP contribution in [0, 0.1) is 0 Å². The first kappa shape index (κ1) is 22.5. The Morgan fingerprint density at radius 2 is 1.61 bits per heavy atom. The number of carbonyl (C=O) groups excluding carboxylic acids is 1. The molecule has 3 rings (SSSR count). The van der Waals surface area contributed by atoms with Crippen molar-refractivity contribution >= 4 is 15.9 Å². The van der Waals surface area contributed by atoms with E-state index < -0.39 is 10.0 Å². The molecule has 1 amide bonds. The van der Waals surface area contributed by atoms with E-state index >= 15 is 0 Å². The van der Waals surface area contributed by atoms with E-state index in [4.69, 9.17) is 4.74 Å². The topological polar surface area (TPSA) is 84.5 Å². The first-order valence-electron chi connectivity index (χ1n) is 9.98. The summed E-state index contributed by atoms with van der Waals surface area (Å²) in [5, 5.41) is 2.90. The zero-order valence-electron chi connectivity index (χ0n) is 17.5. The fraction of sp³-hybridized carbons (Fsp3) is 0.208. The monoisotopic (exact) mass is 438 g/mol. The minimum absolute atomic E-state index is 0.0666. The van der Waals surface area contributed by atoms with Crippen molar-refractivity contribution in [3.05, 3.63) is 95.6 Å². The van der Waals surface area contributed by atoms with E-state index in [2.05, 4.69) is 10.0 Å². The molecule has 0 aliphatic carbocycles. The number of amides is 1. The van der Waals surface area contributed by atoms with Gasteiger partial charge >= 0.3 is 0 Å². The van der Waals surface area contributed by atoms with E-state index in [1.54, 1.807) is 6.07 Å². The van der Waals surface area contributed by atoms with Crippen LogP contribution in [0.3, 0.4) is 0 Å². The maximum Gasteiger partial charge on any atom is 0.251 e. The highest BCUT2D eigenvalue weighted by Gasteiger charge is 2.22. The molecule has 0 saturated carbocycles. The molecule has 3 aromatic rings. The van der Waals surface area contributed by atoms with Crippen LogP contribution >= 0.6 is 0 Å². The quantitative estimate of drug-likeness (QED) is 0.533. The summed E-state index contributed by atoms with van der Waals surface area (Å²) in [5.74, 6) is -0.181. The molecular formula is C24H26N2O4S. The molecule has 2 N–H and O–H groups in total. The number of carbonyl (C=O) groups is 1. The Kier molecular flexibility index (Phi) is 7.44. The van der Waals surface area contributed by atoms with Gasteiger partial charge in [-0.05, 0) is 42.7 Å². The van der Waals surface area contributed by atoms with Gasteiger partial charge in [0, 0.05) is 12.1 Å². The third-order valence-electron chi connectivity index (χ3n) is 4.91. The molecule has 0 heterocycles. The summed E-state index contributed by atoms with van der Waals surface area (Å²) in [6.07, 6.45) is 0.553. The zero-order chi connectivity index (χ0) is 22.3. The Balaban J connectivity index is 1.75. The summed E-state index contributed by atoms with van der Waals surface area (Å²) in [5.41, 5.74) is 2.23. The van der Waals surface area contributed by atoms with Crippen molar-refractivity contribution in [3.8, 4) is 5.75 Å². The summed E-state index contributed by atoms with van der Waals surface area (Å²) < 4.78 is 33.6. The zero-order valence-corrected chi connectivity index (χ0v) is 18.4. The Bertz CT molecular complexity index is 1120. The molecule has 0 bridgehead atoms. The van der Waals surface area contributed by atoms with Gasteiger partial charge in [0.25, 0.3) is 5.91 Å². The van der Waals surface area contributed by atoms with Crippen molar-refractivity contribution in [2.24, 2.45) is 0 Å². The summed E-state index contributed by atoms with van der Waals surface area (Å²) in [6.45, 7) is 2.11. The fourth-order valence-electron chi connectivity index (χ4n) is 3.19. The summed E-state index contributed by atoms with van der Waals surface area (Å²) >= 11 is 0. The van der Waals surface area contributed by atoms with E-state index in [1.807, 2.05) is 67.6 Å². The van der Waals surface area contributed by atoms with E-state index in [0.717, 1.165) is 11.1 Å². The number of methoxy groups -OCH3 is 1. The second-order valence-corrected chi connectivity index (χ2v) is 8.84. The van der Waals surface area contributed by atoms with E-state index in [9.17, 15) is 13.2 Å². The standard InChI is InChI=1S/C24H26N2O4S/c1-18(20-11-7-4-8-12-20)26-24(27)21-13-14-22(30-2)23(17-21)31(28,29)25-16-15-19-9-5-3-6-10-19/h3-14,17-18,25H,15-16H2,1-2H3,(H,26,27)/t18-/m1/s1. The Morgan fingerprint density at radius 3 is 2.26 bits per heavy atom. The Labute approximate surface area is 183 Å². The van der Waals surface area contributed by atoms with Crippen LogP contribution < -0.4 is 14.8 Å². The van der Waals surface area contributed by atoms with Crippen LogP contribution in [0.5, 0.6) is 5.75 Å². The Hall–Kier alpha value is -3.16. The minimum atomic E-state index is -3.86. The number of benzene rings is 3. The average Bonchev–Trinajstić information content (AvgIpc) is 2.79. The highest BCUT2D eigenvalue weighted by molar-refractivity contribution is 7.89. The molecule has 0 aliphatic rings. The first-order valence-corrected chi connectivity index (χ1v) is 11.5. The SMILES string of the molecule is COc1ccc(C(=O)N[C@H](C)c2ccccc2)cc1S(=O)(=O)NCCc1ccccc1. The lowest BCUT2D eigenvalue weighted by Gasteiger charge is -2.16.